The maximum Gasteiger partial charge on any atom is 0.144 e. The van der Waals surface area contributed by atoms with Crippen molar-refractivity contribution < 1.29 is 4.79 Å². The third-order valence-corrected chi connectivity index (χ3v) is 4.42. The predicted molar refractivity (Wildman–Crippen MR) is 80.6 cm³/mol. The van der Waals surface area contributed by atoms with Crippen molar-refractivity contribution in [3.8, 4) is 0 Å². The van der Waals surface area contributed by atoms with E-state index in [0.717, 1.165) is 25.0 Å². The average Bonchev–Trinajstić information content (AvgIpc) is 2.79. The van der Waals surface area contributed by atoms with Gasteiger partial charge >= 0.3 is 0 Å². The van der Waals surface area contributed by atoms with E-state index in [1.165, 1.54) is 5.56 Å². The zero-order valence-electron chi connectivity index (χ0n) is 12.2. The van der Waals surface area contributed by atoms with Gasteiger partial charge in [-0.25, -0.2) is 0 Å². The SMILES string of the molecule is CC1(C)CC(=O)[C@H]2C(CCc3ccccc3)=NN[C@H]2C1. The summed E-state index contributed by atoms with van der Waals surface area (Å²) < 4.78 is 0. The molecular weight excluding hydrogens is 248 g/mol. The molecule has 1 N–H and O–H groups in total. The first kappa shape index (κ1) is 13.3. The number of rotatable bonds is 3. The van der Waals surface area contributed by atoms with Crippen LogP contribution in [0, 0.1) is 11.3 Å². The number of ketones is 1. The van der Waals surface area contributed by atoms with Crippen LogP contribution < -0.4 is 5.43 Å². The van der Waals surface area contributed by atoms with E-state index in [1.807, 2.05) is 6.07 Å². The van der Waals surface area contributed by atoms with Crippen LogP contribution in [0.1, 0.15) is 38.7 Å². The summed E-state index contributed by atoms with van der Waals surface area (Å²) in [6.07, 6.45) is 3.55. The summed E-state index contributed by atoms with van der Waals surface area (Å²) in [7, 11) is 0. The van der Waals surface area contributed by atoms with Crippen molar-refractivity contribution in [3.63, 3.8) is 0 Å². The molecule has 0 aromatic heterocycles. The van der Waals surface area contributed by atoms with Crippen molar-refractivity contribution in [1.29, 1.82) is 0 Å². The molecule has 3 nitrogen and oxygen atoms in total. The molecule has 1 fully saturated rings. The highest BCUT2D eigenvalue weighted by atomic mass is 16.1. The number of fused-ring (bicyclic) bond motifs is 1. The number of nitrogens with zero attached hydrogens (tertiary/aromatic N) is 1. The zero-order chi connectivity index (χ0) is 14.2. The van der Waals surface area contributed by atoms with Crippen LogP contribution in [0.4, 0.5) is 0 Å². The fourth-order valence-electron chi connectivity index (χ4n) is 3.49. The molecule has 0 amide bonds. The molecule has 0 saturated heterocycles. The van der Waals surface area contributed by atoms with Crippen molar-refractivity contribution in [1.82, 2.24) is 5.43 Å². The van der Waals surface area contributed by atoms with Crippen molar-refractivity contribution in [2.75, 3.05) is 0 Å². The Morgan fingerprint density at radius 1 is 1.25 bits per heavy atom. The Labute approximate surface area is 120 Å². The normalized spacial score (nSPS) is 27.7. The first-order chi connectivity index (χ1) is 9.55. The zero-order valence-corrected chi connectivity index (χ0v) is 12.2. The molecule has 2 aliphatic rings. The highest BCUT2D eigenvalue weighted by Crippen LogP contribution is 2.39. The molecule has 1 aliphatic heterocycles. The van der Waals surface area contributed by atoms with Gasteiger partial charge in [-0.3, -0.25) is 4.79 Å². The minimum atomic E-state index is 0.0201. The lowest BCUT2D eigenvalue weighted by molar-refractivity contribution is -0.126. The van der Waals surface area contributed by atoms with Crippen LogP contribution in [-0.4, -0.2) is 17.5 Å². The quantitative estimate of drug-likeness (QED) is 0.917. The second kappa shape index (κ2) is 5.04. The van der Waals surface area contributed by atoms with E-state index < -0.39 is 0 Å². The van der Waals surface area contributed by atoms with E-state index in [9.17, 15) is 4.79 Å². The Hall–Kier alpha value is -1.64. The van der Waals surface area contributed by atoms with Crippen LogP contribution in [0.3, 0.4) is 0 Å². The van der Waals surface area contributed by atoms with E-state index in [0.29, 0.717) is 12.2 Å². The number of aryl methyl sites for hydroxylation is 1. The molecule has 1 saturated carbocycles. The molecule has 0 unspecified atom stereocenters. The predicted octanol–water partition coefficient (Wildman–Crippen LogP) is 2.95. The molecule has 106 valence electrons. The summed E-state index contributed by atoms with van der Waals surface area (Å²) in [5, 5.41) is 4.46. The van der Waals surface area contributed by atoms with Gasteiger partial charge in [-0.15, -0.1) is 0 Å². The molecule has 0 bridgehead atoms. The van der Waals surface area contributed by atoms with Crippen LogP contribution >= 0.6 is 0 Å². The number of Topliss-reactive ketones (excluding diaryl/α,β-unsaturated/α-hetero) is 1. The number of hydrogen-bond donors (Lipinski definition) is 1. The number of hydrazone groups is 1. The lowest BCUT2D eigenvalue weighted by atomic mass is 9.68. The number of hydrogen-bond acceptors (Lipinski definition) is 3. The fourth-order valence-corrected chi connectivity index (χ4v) is 3.49. The van der Waals surface area contributed by atoms with Gasteiger partial charge in [0.05, 0.1) is 17.7 Å². The molecule has 0 spiro atoms. The van der Waals surface area contributed by atoms with Gasteiger partial charge < -0.3 is 5.43 Å². The first-order valence-electron chi connectivity index (χ1n) is 7.44. The van der Waals surface area contributed by atoms with Crippen LogP contribution in [0.5, 0.6) is 0 Å². The lowest BCUT2D eigenvalue weighted by Crippen LogP contribution is -2.45. The summed E-state index contributed by atoms with van der Waals surface area (Å²) in [5.41, 5.74) is 5.67. The molecule has 1 aromatic rings. The maximum absolute atomic E-state index is 12.4. The molecule has 0 radical (unpaired) electrons. The van der Waals surface area contributed by atoms with Gasteiger partial charge in [-0.05, 0) is 30.2 Å². The van der Waals surface area contributed by atoms with Gasteiger partial charge in [0.2, 0.25) is 0 Å². The summed E-state index contributed by atoms with van der Waals surface area (Å²) in [5.74, 6) is 0.384. The van der Waals surface area contributed by atoms with Crippen molar-refractivity contribution in [2.45, 2.75) is 45.6 Å². The smallest absolute Gasteiger partial charge is 0.144 e. The molecule has 2 atom stereocenters. The maximum atomic E-state index is 12.4. The van der Waals surface area contributed by atoms with E-state index in [4.69, 9.17) is 0 Å². The largest absolute Gasteiger partial charge is 0.306 e. The third-order valence-electron chi connectivity index (χ3n) is 4.42. The molecular formula is C17H22N2O. The van der Waals surface area contributed by atoms with Crippen molar-refractivity contribution >= 4 is 11.5 Å². The van der Waals surface area contributed by atoms with E-state index >= 15 is 0 Å². The van der Waals surface area contributed by atoms with E-state index in [2.05, 4.69) is 48.6 Å². The Kier molecular flexibility index (Phi) is 3.36. The number of nitrogens with one attached hydrogen (secondary N) is 1. The Morgan fingerprint density at radius 3 is 2.75 bits per heavy atom. The molecule has 1 aliphatic carbocycles. The van der Waals surface area contributed by atoms with Gasteiger partial charge in [0.1, 0.15) is 5.78 Å². The first-order valence-corrected chi connectivity index (χ1v) is 7.44. The highest BCUT2D eigenvalue weighted by molar-refractivity contribution is 6.07. The minimum absolute atomic E-state index is 0.0201. The number of carbonyl (C=O) groups excluding carboxylic acids is 1. The molecule has 3 rings (SSSR count). The average molecular weight is 270 g/mol. The van der Waals surface area contributed by atoms with Crippen LogP contribution in [0.25, 0.3) is 0 Å². The monoisotopic (exact) mass is 270 g/mol. The summed E-state index contributed by atoms with van der Waals surface area (Å²) >= 11 is 0. The van der Waals surface area contributed by atoms with Crippen molar-refractivity contribution in [3.05, 3.63) is 35.9 Å². The molecule has 1 aromatic carbocycles. The molecule has 3 heteroatoms. The highest BCUT2D eigenvalue weighted by Gasteiger charge is 2.45. The Morgan fingerprint density at radius 2 is 2.00 bits per heavy atom. The van der Waals surface area contributed by atoms with Gasteiger partial charge in [-0.2, -0.15) is 5.10 Å². The van der Waals surface area contributed by atoms with Gasteiger partial charge in [0.25, 0.3) is 0 Å². The van der Waals surface area contributed by atoms with Gasteiger partial charge in [0.15, 0.2) is 0 Å². The Bertz CT molecular complexity index is 533. The number of benzene rings is 1. The number of carbonyl (C=O) groups is 1. The summed E-state index contributed by atoms with van der Waals surface area (Å²) in [6.45, 7) is 4.34. The second-order valence-electron chi connectivity index (χ2n) is 6.81. The Balaban J connectivity index is 1.66. The topological polar surface area (TPSA) is 41.5 Å². The van der Waals surface area contributed by atoms with Gasteiger partial charge in [-0.1, -0.05) is 44.2 Å². The van der Waals surface area contributed by atoms with Crippen LogP contribution in [0.2, 0.25) is 0 Å². The molecule has 1 heterocycles. The molecule has 20 heavy (non-hydrogen) atoms. The summed E-state index contributed by atoms with van der Waals surface area (Å²) in [4.78, 5) is 12.4. The minimum Gasteiger partial charge on any atom is -0.306 e. The van der Waals surface area contributed by atoms with E-state index in [1.54, 1.807) is 0 Å². The van der Waals surface area contributed by atoms with E-state index in [-0.39, 0.29) is 17.4 Å². The standard InChI is InChI=1S/C17H22N2O/c1-17(2)10-14-16(15(20)11-17)13(18-19-14)9-8-12-6-4-3-5-7-12/h3-7,14,16,19H,8-11H2,1-2H3/t14-,16-/m0/s1. The van der Waals surface area contributed by atoms with Gasteiger partial charge in [0, 0.05) is 6.42 Å². The second-order valence-corrected chi connectivity index (χ2v) is 6.81. The van der Waals surface area contributed by atoms with Crippen LogP contribution in [-0.2, 0) is 11.2 Å². The fraction of sp³-hybridized carbons (Fsp3) is 0.529. The van der Waals surface area contributed by atoms with Crippen molar-refractivity contribution in [2.24, 2.45) is 16.4 Å². The summed E-state index contributed by atoms with van der Waals surface area (Å²) in [6, 6.07) is 10.6. The third kappa shape index (κ3) is 2.62. The van der Waals surface area contributed by atoms with Crippen LogP contribution in [0.15, 0.2) is 35.4 Å². The lowest BCUT2D eigenvalue weighted by Gasteiger charge is -2.36.